The van der Waals surface area contributed by atoms with Gasteiger partial charge >= 0.3 is 0 Å². The lowest BCUT2D eigenvalue weighted by molar-refractivity contribution is -0.105. The molecule has 4 heteroatoms. The molecule has 0 amide bonds. The maximum absolute atomic E-state index is 6.59. The first-order valence-electron chi connectivity index (χ1n) is 7.64. The van der Waals surface area contributed by atoms with Crippen LogP contribution in [0.15, 0.2) is 6.07 Å². The minimum atomic E-state index is 0.146. The summed E-state index contributed by atoms with van der Waals surface area (Å²) < 4.78 is 6.19. The van der Waals surface area contributed by atoms with E-state index in [4.69, 9.17) is 10.5 Å². The van der Waals surface area contributed by atoms with Crippen LogP contribution in [0.5, 0.6) is 0 Å². The normalized spacial score (nSPS) is 27.6. The standard InChI is InChI=1S/C16H25NOS2/c1-11-9-14(20-12(11)2)15(17)13-3-6-18-16(10-13)4-7-19-8-5-16/h9,13,15H,3-8,10,17H2,1-2H3. The monoisotopic (exact) mass is 311 g/mol. The molecule has 2 saturated heterocycles. The molecule has 2 unspecified atom stereocenters. The van der Waals surface area contributed by atoms with E-state index in [9.17, 15) is 0 Å². The van der Waals surface area contributed by atoms with Gasteiger partial charge in [0.1, 0.15) is 0 Å². The summed E-state index contributed by atoms with van der Waals surface area (Å²) in [7, 11) is 0. The molecule has 2 fully saturated rings. The quantitative estimate of drug-likeness (QED) is 0.894. The molecule has 0 saturated carbocycles. The summed E-state index contributed by atoms with van der Waals surface area (Å²) in [4.78, 5) is 2.78. The lowest BCUT2D eigenvalue weighted by Crippen LogP contribution is -2.45. The molecule has 2 N–H and O–H groups in total. The Balaban J connectivity index is 1.72. The summed E-state index contributed by atoms with van der Waals surface area (Å²) in [6.45, 7) is 5.28. The molecule has 1 aromatic heterocycles. The Morgan fingerprint density at radius 1 is 1.35 bits per heavy atom. The van der Waals surface area contributed by atoms with Crippen molar-refractivity contribution in [2.24, 2.45) is 11.7 Å². The van der Waals surface area contributed by atoms with Gasteiger partial charge in [0.05, 0.1) is 5.60 Å². The molecule has 3 rings (SSSR count). The number of nitrogens with two attached hydrogens (primary N) is 1. The highest BCUT2D eigenvalue weighted by Crippen LogP contribution is 2.43. The minimum absolute atomic E-state index is 0.146. The van der Waals surface area contributed by atoms with Gasteiger partial charge in [-0.3, -0.25) is 0 Å². The summed E-state index contributed by atoms with van der Waals surface area (Å²) in [5, 5.41) is 0. The summed E-state index contributed by atoms with van der Waals surface area (Å²) in [6.07, 6.45) is 4.70. The topological polar surface area (TPSA) is 35.2 Å². The third kappa shape index (κ3) is 2.94. The van der Waals surface area contributed by atoms with Crippen molar-refractivity contribution in [2.75, 3.05) is 18.1 Å². The van der Waals surface area contributed by atoms with Crippen molar-refractivity contribution in [3.05, 3.63) is 21.4 Å². The fraction of sp³-hybridized carbons (Fsp3) is 0.750. The average Bonchev–Trinajstić information content (AvgIpc) is 2.79. The van der Waals surface area contributed by atoms with Gasteiger partial charge in [-0.15, -0.1) is 11.3 Å². The molecule has 2 aliphatic heterocycles. The molecule has 2 atom stereocenters. The number of hydrogen-bond donors (Lipinski definition) is 1. The molecule has 0 aliphatic carbocycles. The maximum Gasteiger partial charge on any atom is 0.0701 e. The smallest absolute Gasteiger partial charge is 0.0701 e. The van der Waals surface area contributed by atoms with Crippen molar-refractivity contribution in [3.8, 4) is 0 Å². The first-order chi connectivity index (χ1) is 9.60. The molecular formula is C16H25NOS2. The van der Waals surface area contributed by atoms with Gasteiger partial charge in [0.25, 0.3) is 0 Å². The lowest BCUT2D eigenvalue weighted by atomic mass is 9.78. The summed E-state index contributed by atoms with van der Waals surface area (Å²) in [5.41, 5.74) is 8.12. The Morgan fingerprint density at radius 3 is 2.75 bits per heavy atom. The Kier molecular flexibility index (Phi) is 4.46. The molecule has 0 bridgehead atoms. The lowest BCUT2D eigenvalue weighted by Gasteiger charge is -2.44. The fourth-order valence-electron chi connectivity index (χ4n) is 3.46. The molecular weight excluding hydrogens is 286 g/mol. The summed E-state index contributed by atoms with van der Waals surface area (Å²) in [5.74, 6) is 3.09. The van der Waals surface area contributed by atoms with Crippen LogP contribution in [0.2, 0.25) is 0 Å². The molecule has 1 spiro atoms. The van der Waals surface area contributed by atoms with Gasteiger partial charge in [0, 0.05) is 22.4 Å². The van der Waals surface area contributed by atoms with Crippen molar-refractivity contribution < 1.29 is 4.74 Å². The van der Waals surface area contributed by atoms with Crippen molar-refractivity contribution in [3.63, 3.8) is 0 Å². The van der Waals surface area contributed by atoms with Crippen LogP contribution < -0.4 is 5.73 Å². The predicted octanol–water partition coefficient (Wildman–Crippen LogP) is 4.06. The SMILES string of the molecule is Cc1cc(C(N)C2CCOC3(CCSCC3)C2)sc1C. The van der Waals surface area contributed by atoms with Crippen molar-refractivity contribution >= 4 is 23.1 Å². The highest BCUT2D eigenvalue weighted by atomic mass is 32.2. The van der Waals surface area contributed by atoms with E-state index in [1.807, 2.05) is 11.3 Å². The highest BCUT2D eigenvalue weighted by molar-refractivity contribution is 7.99. The van der Waals surface area contributed by atoms with Crippen LogP contribution in [0.25, 0.3) is 0 Å². The average molecular weight is 312 g/mol. The van der Waals surface area contributed by atoms with Gasteiger partial charge < -0.3 is 10.5 Å². The van der Waals surface area contributed by atoms with Crippen LogP contribution in [0, 0.1) is 19.8 Å². The van der Waals surface area contributed by atoms with E-state index in [1.54, 1.807) is 0 Å². The van der Waals surface area contributed by atoms with Gasteiger partial charge in [0.2, 0.25) is 0 Å². The van der Waals surface area contributed by atoms with Gasteiger partial charge in [0.15, 0.2) is 0 Å². The van der Waals surface area contributed by atoms with Crippen LogP contribution in [0.4, 0.5) is 0 Å². The Morgan fingerprint density at radius 2 is 2.10 bits per heavy atom. The first-order valence-corrected chi connectivity index (χ1v) is 9.61. The number of ether oxygens (including phenoxy) is 1. The Bertz CT molecular complexity index is 440. The maximum atomic E-state index is 6.59. The van der Waals surface area contributed by atoms with E-state index < -0.39 is 0 Å². The number of aryl methyl sites for hydroxylation is 2. The summed E-state index contributed by atoms with van der Waals surface area (Å²) in [6, 6.07) is 2.49. The van der Waals surface area contributed by atoms with E-state index in [0.29, 0.717) is 5.92 Å². The molecule has 3 heterocycles. The summed E-state index contributed by atoms with van der Waals surface area (Å²) >= 11 is 3.95. The van der Waals surface area contributed by atoms with Gasteiger partial charge in [-0.2, -0.15) is 11.8 Å². The molecule has 112 valence electrons. The van der Waals surface area contributed by atoms with Gasteiger partial charge in [-0.25, -0.2) is 0 Å². The molecule has 0 radical (unpaired) electrons. The Hall–Kier alpha value is -0.0300. The zero-order valence-corrected chi connectivity index (χ0v) is 14.1. The van der Waals surface area contributed by atoms with E-state index >= 15 is 0 Å². The van der Waals surface area contributed by atoms with E-state index in [-0.39, 0.29) is 11.6 Å². The van der Waals surface area contributed by atoms with Gasteiger partial charge in [-0.05, 0) is 68.6 Å². The van der Waals surface area contributed by atoms with E-state index in [1.165, 1.54) is 39.7 Å². The van der Waals surface area contributed by atoms with E-state index in [0.717, 1.165) is 19.4 Å². The number of thiophene rings is 1. The van der Waals surface area contributed by atoms with Crippen molar-refractivity contribution in [1.82, 2.24) is 0 Å². The van der Waals surface area contributed by atoms with Crippen LogP contribution in [-0.2, 0) is 4.74 Å². The van der Waals surface area contributed by atoms with Crippen molar-refractivity contribution in [2.45, 2.75) is 51.2 Å². The van der Waals surface area contributed by atoms with Crippen LogP contribution >= 0.6 is 23.1 Å². The van der Waals surface area contributed by atoms with E-state index in [2.05, 4.69) is 31.7 Å². The fourth-order valence-corrected chi connectivity index (χ4v) is 5.84. The molecule has 20 heavy (non-hydrogen) atoms. The van der Waals surface area contributed by atoms with Gasteiger partial charge in [-0.1, -0.05) is 0 Å². The van der Waals surface area contributed by atoms with Crippen molar-refractivity contribution in [1.29, 1.82) is 0 Å². The third-order valence-electron chi connectivity index (χ3n) is 4.96. The minimum Gasteiger partial charge on any atom is -0.375 e. The largest absolute Gasteiger partial charge is 0.375 e. The number of thioether (sulfide) groups is 1. The van der Waals surface area contributed by atoms with Crippen LogP contribution in [0.1, 0.15) is 47.0 Å². The first kappa shape index (κ1) is 14.9. The Labute approximate surface area is 130 Å². The second-order valence-corrected chi connectivity index (χ2v) is 8.82. The highest BCUT2D eigenvalue weighted by Gasteiger charge is 2.40. The molecule has 0 aromatic carbocycles. The van der Waals surface area contributed by atoms with Crippen LogP contribution in [0.3, 0.4) is 0 Å². The second kappa shape index (κ2) is 5.99. The molecule has 1 aromatic rings. The zero-order chi connectivity index (χ0) is 14.2. The molecule has 2 nitrogen and oxygen atoms in total. The zero-order valence-electron chi connectivity index (χ0n) is 12.5. The number of rotatable bonds is 2. The van der Waals surface area contributed by atoms with Crippen LogP contribution in [-0.4, -0.2) is 23.7 Å². The molecule has 2 aliphatic rings. The third-order valence-corrected chi connectivity index (χ3v) is 7.20. The number of hydrogen-bond acceptors (Lipinski definition) is 4. The second-order valence-electron chi connectivity index (χ2n) is 6.31. The predicted molar refractivity (Wildman–Crippen MR) is 88.7 cm³/mol.